The number of imide groups is 1. The Kier molecular flexibility index (Phi) is 17.3. The van der Waals surface area contributed by atoms with Crippen LogP contribution in [0.4, 0.5) is 4.39 Å². The molecule has 3 atom stereocenters. The monoisotopic (exact) mass is 1080 g/mol. The summed E-state index contributed by atoms with van der Waals surface area (Å²) in [5.41, 5.74) is 2.41. The van der Waals surface area contributed by atoms with Gasteiger partial charge in [0.25, 0.3) is 17.4 Å². The molecular weight excluding hydrogens is 1020 g/mol. The van der Waals surface area contributed by atoms with E-state index < -0.39 is 77.7 Å². The Morgan fingerprint density at radius 2 is 1.58 bits per heavy atom. The van der Waals surface area contributed by atoms with E-state index in [-0.39, 0.29) is 86.6 Å². The lowest BCUT2D eigenvalue weighted by atomic mass is 9.81. The largest absolute Gasteiger partial charge is 0.458 e. The number of cyclic esters (lactones) is 1. The number of thioether (sulfide) groups is 1. The van der Waals surface area contributed by atoms with Crippen LogP contribution in [0.1, 0.15) is 96.9 Å². The third-order valence-corrected chi connectivity index (χ3v) is 15.3. The second-order valence-electron chi connectivity index (χ2n) is 19.3. The number of fused-ring (bicyclic) bond motifs is 5. The van der Waals surface area contributed by atoms with Gasteiger partial charge in [-0.3, -0.25) is 48.1 Å². The summed E-state index contributed by atoms with van der Waals surface area (Å²) in [6.45, 7) is 2.07. The Morgan fingerprint density at radius 1 is 0.883 bits per heavy atom. The first kappa shape index (κ1) is 55.4. The van der Waals surface area contributed by atoms with Crippen LogP contribution in [0.15, 0.2) is 59.4 Å². The van der Waals surface area contributed by atoms with Crippen LogP contribution in [0, 0.1) is 12.7 Å². The summed E-state index contributed by atoms with van der Waals surface area (Å²) < 4.78 is 22.2. The average Bonchev–Trinajstić information content (AvgIpc) is 4.23. The first-order valence-electron chi connectivity index (χ1n) is 25.5. The molecule has 5 heterocycles. The van der Waals surface area contributed by atoms with Gasteiger partial charge < -0.3 is 45.9 Å². The van der Waals surface area contributed by atoms with Gasteiger partial charge >= 0.3 is 5.97 Å². The van der Waals surface area contributed by atoms with Gasteiger partial charge in [0.05, 0.1) is 60.6 Å². The minimum absolute atomic E-state index is 0.0318. The van der Waals surface area contributed by atoms with E-state index in [1.165, 1.54) is 34.5 Å². The minimum Gasteiger partial charge on any atom is -0.458 e. The Morgan fingerprint density at radius 3 is 2.32 bits per heavy atom. The highest BCUT2D eigenvalue weighted by Crippen LogP contribution is 2.47. The summed E-state index contributed by atoms with van der Waals surface area (Å²) in [5, 5.41) is 24.9. The van der Waals surface area contributed by atoms with Gasteiger partial charge in [-0.05, 0) is 67.3 Å². The molecule has 2 aromatic heterocycles. The fourth-order valence-electron chi connectivity index (χ4n) is 10.2. The molecule has 8 rings (SSSR count). The molecule has 0 bridgehead atoms. The Hall–Kier alpha value is -7.79. The first-order chi connectivity index (χ1) is 36.9. The number of pyridine rings is 2. The zero-order valence-corrected chi connectivity index (χ0v) is 43.7. The molecular formula is C54H60FN9O12S. The molecule has 6 N–H and O–H groups in total. The summed E-state index contributed by atoms with van der Waals surface area (Å²) in [6.07, 6.45) is 5.18. The number of carbonyl (C=O) groups is 9. The zero-order chi connectivity index (χ0) is 55.1. The van der Waals surface area contributed by atoms with Crippen molar-refractivity contribution in [2.24, 2.45) is 0 Å². The predicted molar refractivity (Wildman–Crippen MR) is 279 cm³/mol. The molecule has 77 heavy (non-hydrogen) atoms. The van der Waals surface area contributed by atoms with E-state index in [1.807, 2.05) is 0 Å². The number of carbonyl (C=O) groups excluding carboxylic acids is 9. The molecule has 3 aliphatic heterocycles. The molecule has 21 nitrogen and oxygen atoms in total. The van der Waals surface area contributed by atoms with Crippen LogP contribution < -0.4 is 32.1 Å². The SMILES string of the molecule is CC[C@@]1(O)C(=O)OCc2c1cc1n(c2=O)Cc2c-1nc1cc(F)c(C)c3c1c2[C@@H](N(C)C(=O)CCSCNC(=O)CNC(=O)[C@H](Cc1ccccc1)NC(=O)CNC(=O)CNC(=O)CCCCCN1C(=O)C=CC1=O)CC3. The average molecular weight is 1080 g/mol. The van der Waals surface area contributed by atoms with Crippen molar-refractivity contribution < 1.29 is 57.4 Å². The molecule has 4 aromatic rings. The lowest BCUT2D eigenvalue weighted by Gasteiger charge is -2.35. The number of nitrogens with zero attached hydrogens (tertiary/aromatic N) is 4. The maximum Gasteiger partial charge on any atom is 0.343 e. The molecule has 0 unspecified atom stereocenters. The van der Waals surface area contributed by atoms with Gasteiger partial charge in [0.2, 0.25) is 35.4 Å². The summed E-state index contributed by atoms with van der Waals surface area (Å²) >= 11 is 1.29. The Bertz CT molecular complexity index is 3150. The second-order valence-corrected chi connectivity index (χ2v) is 20.4. The number of hydrogen-bond donors (Lipinski definition) is 6. The fourth-order valence-corrected chi connectivity index (χ4v) is 10.9. The van der Waals surface area contributed by atoms with Gasteiger partial charge in [-0.2, -0.15) is 0 Å². The Labute approximate surface area is 446 Å². The number of ether oxygens (including phenoxy) is 1. The van der Waals surface area contributed by atoms with Crippen LogP contribution in [0.2, 0.25) is 0 Å². The van der Waals surface area contributed by atoms with Crippen molar-refractivity contribution in [1.29, 1.82) is 0 Å². The van der Waals surface area contributed by atoms with Crippen molar-refractivity contribution in [2.45, 2.75) is 102 Å². The van der Waals surface area contributed by atoms with Crippen LogP contribution >= 0.6 is 11.8 Å². The number of esters is 1. The van der Waals surface area contributed by atoms with E-state index in [4.69, 9.17) is 9.72 Å². The summed E-state index contributed by atoms with van der Waals surface area (Å²) in [6, 6.07) is 10.2. The van der Waals surface area contributed by atoms with Crippen molar-refractivity contribution >= 4 is 75.9 Å². The minimum atomic E-state index is -2.03. The molecule has 2 aromatic carbocycles. The number of amides is 8. The number of nitrogens with one attached hydrogen (secondary N) is 5. The fraction of sp³-hybridized carbons (Fsp3) is 0.426. The third-order valence-electron chi connectivity index (χ3n) is 14.5. The lowest BCUT2D eigenvalue weighted by Crippen LogP contribution is -2.52. The molecule has 0 saturated heterocycles. The molecule has 0 spiro atoms. The topological polar surface area (TPSA) is 285 Å². The molecule has 0 fully saturated rings. The van der Waals surface area contributed by atoms with E-state index in [2.05, 4.69) is 26.6 Å². The van der Waals surface area contributed by atoms with E-state index >= 15 is 4.39 Å². The second kappa shape index (κ2) is 24.0. The highest BCUT2D eigenvalue weighted by Gasteiger charge is 2.46. The highest BCUT2D eigenvalue weighted by atomic mass is 32.2. The van der Waals surface area contributed by atoms with Crippen molar-refractivity contribution in [3.8, 4) is 11.4 Å². The maximum atomic E-state index is 15.5. The predicted octanol–water partition coefficient (Wildman–Crippen LogP) is 1.73. The van der Waals surface area contributed by atoms with Crippen LogP contribution in [0.5, 0.6) is 0 Å². The van der Waals surface area contributed by atoms with Gasteiger partial charge in [-0.25, -0.2) is 14.2 Å². The number of halogens is 1. The maximum absolute atomic E-state index is 15.5. The molecule has 23 heteroatoms. The molecule has 8 amide bonds. The number of aryl methyl sites for hydroxylation is 1. The molecule has 4 aliphatic rings. The quantitative estimate of drug-likeness (QED) is 0.0235. The van der Waals surface area contributed by atoms with E-state index in [0.29, 0.717) is 65.9 Å². The smallest absolute Gasteiger partial charge is 0.343 e. The summed E-state index contributed by atoms with van der Waals surface area (Å²) in [4.78, 5) is 136. The normalized spacial score (nSPS) is 17.2. The van der Waals surface area contributed by atoms with Crippen molar-refractivity contribution in [3.05, 3.63) is 110 Å². The first-order valence-corrected chi connectivity index (χ1v) is 26.6. The van der Waals surface area contributed by atoms with Crippen LogP contribution in [-0.4, -0.2) is 129 Å². The van der Waals surface area contributed by atoms with Gasteiger partial charge in [-0.15, -0.1) is 11.8 Å². The molecule has 0 radical (unpaired) electrons. The number of hydrogen-bond acceptors (Lipinski definition) is 14. The van der Waals surface area contributed by atoms with Crippen LogP contribution in [-0.2, 0) is 79.5 Å². The summed E-state index contributed by atoms with van der Waals surface area (Å²) in [7, 11) is 1.70. The van der Waals surface area contributed by atoms with E-state index in [9.17, 15) is 53.1 Å². The highest BCUT2D eigenvalue weighted by molar-refractivity contribution is 7.99. The van der Waals surface area contributed by atoms with Gasteiger partial charge in [-0.1, -0.05) is 43.7 Å². The third kappa shape index (κ3) is 12.1. The lowest BCUT2D eigenvalue weighted by molar-refractivity contribution is -0.172. The zero-order valence-electron chi connectivity index (χ0n) is 42.9. The van der Waals surface area contributed by atoms with Gasteiger partial charge in [0.15, 0.2) is 5.60 Å². The van der Waals surface area contributed by atoms with Crippen LogP contribution in [0.25, 0.3) is 22.3 Å². The van der Waals surface area contributed by atoms with E-state index in [0.717, 1.165) is 27.0 Å². The number of rotatable bonds is 23. The van der Waals surface area contributed by atoms with Gasteiger partial charge in [0, 0.05) is 73.3 Å². The van der Waals surface area contributed by atoms with E-state index in [1.54, 1.807) is 62.2 Å². The number of benzene rings is 2. The number of aromatic nitrogens is 2. The van der Waals surface area contributed by atoms with Gasteiger partial charge in [0.1, 0.15) is 18.5 Å². The molecule has 1 aliphatic carbocycles. The number of unbranched alkanes of at least 4 members (excludes halogenated alkanes) is 2. The van der Waals surface area contributed by atoms with Crippen molar-refractivity contribution in [2.75, 3.05) is 44.9 Å². The summed E-state index contributed by atoms with van der Waals surface area (Å²) in [5.74, 6) is -4.67. The number of aliphatic hydroxyl groups is 1. The molecule has 0 saturated carbocycles. The van der Waals surface area contributed by atoms with Crippen molar-refractivity contribution in [1.82, 2.24) is 45.9 Å². The van der Waals surface area contributed by atoms with Crippen LogP contribution in [0.3, 0.4) is 0 Å². The Balaban J connectivity index is 0.800. The standard InChI is InChI=1S/C54H60FN9O12S/c1-4-54(75)35-22-40-50-33(27-64(40)52(73)34(35)28-76-53(54)74)49-39(15-14-32-30(2)36(55)23-37(61-50)48(32)49)62(3)45(69)18-20-77-29-59-43(67)25-58-51(72)38(21-31-11-7-5-8-12-31)60-44(68)26-57-42(66)24-56-41(65)13-9-6-10-19-63-46(70)16-17-47(63)71/h5,7-8,11-12,16-17,22-23,38-39,75H,4,6,9-10,13-15,18-21,24-29H2,1-3H3,(H,56,65)(H,57,66)(H,58,72)(H,59,67)(H,60,68)/t38-,39-,54-/m0/s1. The van der Waals surface area contributed by atoms with Crippen molar-refractivity contribution in [3.63, 3.8) is 0 Å². The molecule has 406 valence electrons.